The molecule has 0 N–H and O–H groups in total. The molecule has 0 saturated heterocycles. The number of hydrogen-bond donors (Lipinski definition) is 0. The maximum absolute atomic E-state index is 10.7. The topological polar surface area (TPSA) is 31.6 Å². The van der Waals surface area contributed by atoms with Gasteiger partial charge in [-0.15, -0.1) is 0 Å². The summed E-state index contributed by atoms with van der Waals surface area (Å²) in [5.41, 5.74) is 2.09. The van der Waals surface area contributed by atoms with Crippen LogP contribution in [0.4, 0.5) is 25.2 Å². The van der Waals surface area contributed by atoms with E-state index in [-0.39, 0.29) is 0 Å². The van der Waals surface area contributed by atoms with Crippen LogP contribution in [-0.4, -0.2) is 30.1 Å². The average molecular weight is 393 g/mol. The van der Waals surface area contributed by atoms with Gasteiger partial charge in [-0.2, -0.15) is 4.57 Å². The summed E-state index contributed by atoms with van der Waals surface area (Å²) in [5, 5.41) is 2.06. The van der Waals surface area contributed by atoms with Crippen LogP contribution in [0.2, 0.25) is 6.04 Å². The Hall–Kier alpha value is -0.263. The Morgan fingerprint density at radius 2 is 1.45 bits per heavy atom. The molecule has 0 bridgehead atoms. The molecule has 1 aromatic heterocycles. The number of thiazole rings is 1. The molecule has 0 spiro atoms. The first-order chi connectivity index (χ1) is 9.71. The van der Waals surface area contributed by atoms with Crippen molar-refractivity contribution in [3.8, 4) is 0 Å². The predicted octanol–water partition coefficient (Wildman–Crippen LogP) is 4.69. The fraction of sp³-hybridized carbons (Fsp3) is 0.667. The van der Waals surface area contributed by atoms with Gasteiger partial charge in [0.1, 0.15) is 6.54 Å². The van der Waals surface area contributed by atoms with E-state index in [0.29, 0.717) is 0 Å². The first-order valence-corrected chi connectivity index (χ1v) is 10.7. The van der Waals surface area contributed by atoms with Gasteiger partial charge in [-0.25, -0.2) is 0 Å². The van der Waals surface area contributed by atoms with Crippen LogP contribution in [0.5, 0.6) is 0 Å². The molecule has 0 aliphatic carbocycles. The van der Waals surface area contributed by atoms with Gasteiger partial charge in [0, 0.05) is 33.8 Å². The van der Waals surface area contributed by atoms with E-state index in [9.17, 15) is 25.2 Å². The van der Waals surface area contributed by atoms with Crippen LogP contribution in [0.1, 0.15) is 6.42 Å². The summed E-state index contributed by atoms with van der Waals surface area (Å²) in [6.07, 6.45) is 3.07. The zero-order chi connectivity index (χ0) is 17.6. The van der Waals surface area contributed by atoms with Gasteiger partial charge in [0.25, 0.3) is 0 Å². The van der Waals surface area contributed by atoms with Crippen LogP contribution in [-0.2, 0) is 19.8 Å². The standard InChI is InChI=1S/C9H18NO3SSi.F6P/c1-11-15(12-2,13-3)8-4-5-10-6-7-14-9-10;1-7(2,3,4,5)6/h6-7,9H,4-5,8H2,1-3H3;/q+1;-1. The Balaban J connectivity index is 0.000000534. The first kappa shape index (κ1) is 21.7. The van der Waals surface area contributed by atoms with Crippen molar-refractivity contribution < 1.29 is 43.0 Å². The molecule has 0 amide bonds. The Labute approximate surface area is 129 Å². The second-order valence-corrected chi connectivity index (χ2v) is 9.88. The molecule has 4 nitrogen and oxygen atoms in total. The van der Waals surface area contributed by atoms with Crippen LogP contribution in [0, 0.1) is 0 Å². The maximum atomic E-state index is 9.87. The number of aromatic nitrogens is 1. The van der Waals surface area contributed by atoms with Crippen LogP contribution in [0.25, 0.3) is 0 Å². The van der Waals surface area contributed by atoms with Gasteiger partial charge >= 0.3 is 41.8 Å². The molecule has 1 aromatic rings. The first-order valence-electron chi connectivity index (χ1n) is 5.84. The van der Waals surface area contributed by atoms with Gasteiger partial charge in [-0.1, -0.05) is 11.3 Å². The molecule has 0 radical (unpaired) electrons. The monoisotopic (exact) mass is 393 g/mol. The van der Waals surface area contributed by atoms with Crippen molar-refractivity contribution >= 4 is 27.9 Å². The number of aryl methyl sites for hydroxylation is 1. The van der Waals surface area contributed by atoms with Crippen molar-refractivity contribution in [2.24, 2.45) is 0 Å². The van der Waals surface area contributed by atoms with Crippen LogP contribution in [0.15, 0.2) is 17.1 Å². The van der Waals surface area contributed by atoms with Crippen LogP contribution < -0.4 is 4.57 Å². The number of halogens is 6. The van der Waals surface area contributed by atoms with Crippen LogP contribution >= 0.6 is 19.1 Å². The summed E-state index contributed by atoms with van der Waals surface area (Å²) >= 11 is 1.70. The Bertz CT molecular complexity index is 419. The van der Waals surface area contributed by atoms with Gasteiger partial charge in [0.15, 0.2) is 6.20 Å². The quantitative estimate of drug-likeness (QED) is 0.292. The molecule has 134 valence electrons. The zero-order valence-electron chi connectivity index (χ0n) is 12.1. The van der Waals surface area contributed by atoms with E-state index >= 15 is 0 Å². The van der Waals surface area contributed by atoms with E-state index in [4.69, 9.17) is 13.3 Å². The molecule has 13 heteroatoms. The Morgan fingerprint density at radius 1 is 1.00 bits per heavy atom. The van der Waals surface area contributed by atoms with Crippen molar-refractivity contribution in [3.63, 3.8) is 0 Å². The third-order valence-corrected chi connectivity index (χ3v) is 5.86. The molecule has 0 unspecified atom stereocenters. The molecule has 1 rings (SSSR count). The van der Waals surface area contributed by atoms with Gasteiger partial charge < -0.3 is 13.3 Å². The normalized spacial score (nSPS) is 15.5. The van der Waals surface area contributed by atoms with Crippen molar-refractivity contribution in [3.05, 3.63) is 17.1 Å². The predicted molar refractivity (Wildman–Crippen MR) is 74.3 cm³/mol. The second kappa shape index (κ2) is 7.10. The fourth-order valence-electron chi connectivity index (χ4n) is 1.42. The van der Waals surface area contributed by atoms with E-state index in [1.807, 2.05) is 0 Å². The van der Waals surface area contributed by atoms with Crippen molar-refractivity contribution in [1.29, 1.82) is 0 Å². The molecule has 0 saturated carbocycles. The number of nitrogens with zero attached hydrogens (tertiary/aromatic N) is 1. The SMILES string of the molecule is CO[Si](CCC[n+]1ccsc1)(OC)OC.F[P-](F)(F)(F)(F)F. The van der Waals surface area contributed by atoms with Gasteiger partial charge in [-0.3, -0.25) is 0 Å². The molecule has 0 aliphatic rings. The molecule has 0 fully saturated rings. The van der Waals surface area contributed by atoms with E-state index in [0.717, 1.165) is 19.0 Å². The van der Waals surface area contributed by atoms with Crippen molar-refractivity contribution in [2.75, 3.05) is 21.3 Å². The third-order valence-electron chi connectivity index (χ3n) is 2.36. The molecular weight excluding hydrogens is 375 g/mol. The fourth-order valence-corrected chi connectivity index (χ4v) is 3.76. The summed E-state index contributed by atoms with van der Waals surface area (Å²) in [6.45, 7) is 0.980. The number of rotatable bonds is 7. The minimum atomic E-state index is -10.7. The van der Waals surface area contributed by atoms with Crippen molar-refractivity contribution in [1.82, 2.24) is 0 Å². The van der Waals surface area contributed by atoms with E-state index in [1.165, 1.54) is 0 Å². The summed E-state index contributed by atoms with van der Waals surface area (Å²) in [7, 11) is -8.07. The van der Waals surface area contributed by atoms with Gasteiger partial charge in [0.05, 0.1) is 5.38 Å². The summed E-state index contributed by atoms with van der Waals surface area (Å²) in [4.78, 5) is 0. The van der Waals surface area contributed by atoms with E-state index < -0.39 is 16.6 Å². The number of hydrogen-bond acceptors (Lipinski definition) is 4. The third kappa shape index (κ3) is 13.4. The minimum absolute atomic E-state index is 0.847. The molecular formula is C9H18F6NO3PSSi. The molecule has 22 heavy (non-hydrogen) atoms. The average Bonchev–Trinajstić information content (AvgIpc) is 2.84. The van der Waals surface area contributed by atoms with Gasteiger partial charge in [0.2, 0.25) is 5.51 Å². The molecule has 0 aliphatic heterocycles. The molecule has 0 aromatic carbocycles. The van der Waals surface area contributed by atoms with Gasteiger partial charge in [-0.05, 0) is 0 Å². The summed E-state index contributed by atoms with van der Waals surface area (Å²) in [6, 6.07) is 0.847. The molecule has 0 atom stereocenters. The Kier molecular flexibility index (Phi) is 7.01. The molecule has 1 heterocycles. The second-order valence-electron chi connectivity index (χ2n) is 4.12. The van der Waals surface area contributed by atoms with Crippen molar-refractivity contribution in [2.45, 2.75) is 19.0 Å². The van der Waals surface area contributed by atoms with E-state index in [2.05, 4.69) is 21.7 Å². The zero-order valence-corrected chi connectivity index (χ0v) is 14.9. The van der Waals surface area contributed by atoms with Crippen LogP contribution in [0.3, 0.4) is 0 Å². The van der Waals surface area contributed by atoms with E-state index in [1.54, 1.807) is 32.7 Å². The Morgan fingerprint density at radius 3 is 1.77 bits per heavy atom. The summed E-state index contributed by atoms with van der Waals surface area (Å²) < 4.78 is 77.4. The summed E-state index contributed by atoms with van der Waals surface area (Å²) in [5.74, 6) is 0.